The maximum Gasteiger partial charge on any atom is 0.348 e. The molecule has 1 aliphatic heterocycles. The zero-order chi connectivity index (χ0) is 20.4. The lowest BCUT2D eigenvalue weighted by Gasteiger charge is -2.39. The lowest BCUT2D eigenvalue weighted by molar-refractivity contribution is -0.157. The fourth-order valence-electron chi connectivity index (χ4n) is 3.90. The van der Waals surface area contributed by atoms with Gasteiger partial charge in [0.25, 0.3) is 0 Å². The number of ether oxygens (including phenoxy) is 1. The van der Waals surface area contributed by atoms with Gasteiger partial charge in [0.1, 0.15) is 17.4 Å². The molecule has 1 saturated heterocycles. The summed E-state index contributed by atoms with van der Waals surface area (Å²) < 4.78 is 6.12. The van der Waals surface area contributed by atoms with E-state index in [-0.39, 0.29) is 0 Å². The maximum atomic E-state index is 12.2. The minimum atomic E-state index is -1.23. The Bertz CT molecular complexity index is 1040. The average Bonchev–Trinajstić information content (AvgIpc) is 2.74. The van der Waals surface area contributed by atoms with Crippen LogP contribution in [0.2, 0.25) is 0 Å². The third kappa shape index (κ3) is 3.75. The van der Waals surface area contributed by atoms with Crippen molar-refractivity contribution in [2.45, 2.75) is 38.7 Å². The van der Waals surface area contributed by atoms with Crippen LogP contribution in [0.4, 0.5) is 5.82 Å². The van der Waals surface area contributed by atoms with Gasteiger partial charge in [-0.1, -0.05) is 37.3 Å². The van der Waals surface area contributed by atoms with E-state index in [4.69, 9.17) is 4.74 Å². The second kappa shape index (κ2) is 7.70. The number of carboxylic acid groups (broad SMARTS) is 1. The Kier molecular flexibility index (Phi) is 5.09. The molecule has 0 amide bonds. The predicted octanol–water partition coefficient (Wildman–Crippen LogP) is 4.00. The SMILES string of the molecule is CCc1cnc(C)nc1N1CCC(Oc2ccc3ccccc3c2)(C(=O)O)CC1. The van der Waals surface area contributed by atoms with E-state index in [0.717, 1.165) is 34.4 Å². The number of aliphatic carboxylic acids is 1. The monoisotopic (exact) mass is 391 g/mol. The summed E-state index contributed by atoms with van der Waals surface area (Å²) in [5.74, 6) is 1.30. The zero-order valence-electron chi connectivity index (χ0n) is 16.8. The van der Waals surface area contributed by atoms with Crippen molar-refractivity contribution in [2.75, 3.05) is 18.0 Å². The third-order valence-electron chi connectivity index (χ3n) is 5.64. The van der Waals surface area contributed by atoms with Crippen molar-refractivity contribution in [3.8, 4) is 5.75 Å². The largest absolute Gasteiger partial charge is 0.478 e. The van der Waals surface area contributed by atoms with Crippen molar-refractivity contribution >= 4 is 22.6 Å². The number of nitrogens with zero attached hydrogens (tertiary/aromatic N) is 3. The number of carboxylic acids is 1. The first-order valence-electron chi connectivity index (χ1n) is 9.99. The van der Waals surface area contributed by atoms with Crippen LogP contribution in [-0.2, 0) is 11.2 Å². The van der Waals surface area contributed by atoms with Gasteiger partial charge in [0.05, 0.1) is 0 Å². The molecule has 0 aliphatic carbocycles. The number of aryl methyl sites for hydroxylation is 2. The molecule has 0 unspecified atom stereocenters. The van der Waals surface area contributed by atoms with Crippen LogP contribution in [0.5, 0.6) is 5.75 Å². The Morgan fingerprint density at radius 3 is 2.59 bits per heavy atom. The van der Waals surface area contributed by atoms with E-state index < -0.39 is 11.6 Å². The van der Waals surface area contributed by atoms with Gasteiger partial charge in [-0.15, -0.1) is 0 Å². The van der Waals surface area contributed by atoms with Crippen LogP contribution in [0.15, 0.2) is 48.7 Å². The molecule has 1 aromatic heterocycles. The van der Waals surface area contributed by atoms with Gasteiger partial charge < -0.3 is 14.7 Å². The number of piperidine rings is 1. The summed E-state index contributed by atoms with van der Waals surface area (Å²) in [5.41, 5.74) is -0.151. The van der Waals surface area contributed by atoms with Crippen molar-refractivity contribution in [1.29, 1.82) is 0 Å². The normalized spacial score (nSPS) is 16.0. The van der Waals surface area contributed by atoms with Crippen LogP contribution in [0, 0.1) is 6.92 Å². The molecular formula is C23H25N3O3. The van der Waals surface area contributed by atoms with Gasteiger partial charge in [-0.05, 0) is 36.2 Å². The van der Waals surface area contributed by atoms with Crippen molar-refractivity contribution < 1.29 is 14.6 Å². The molecule has 2 heterocycles. The van der Waals surface area contributed by atoms with E-state index in [1.807, 2.05) is 55.6 Å². The second-order valence-electron chi connectivity index (χ2n) is 7.52. The van der Waals surface area contributed by atoms with Crippen LogP contribution in [0.1, 0.15) is 31.2 Å². The first-order valence-corrected chi connectivity index (χ1v) is 9.99. The molecule has 2 aromatic carbocycles. The summed E-state index contributed by atoms with van der Waals surface area (Å²) in [6.07, 6.45) is 3.48. The van der Waals surface area contributed by atoms with Crippen LogP contribution >= 0.6 is 0 Å². The molecule has 0 radical (unpaired) electrons. The number of hydrogen-bond acceptors (Lipinski definition) is 5. The standard InChI is InChI=1S/C23H25N3O3/c1-3-17-15-24-16(2)25-21(17)26-12-10-23(11-13-26,22(27)28)29-20-9-8-18-6-4-5-7-19(18)14-20/h4-9,14-15H,3,10-13H2,1-2H3,(H,27,28). The number of carbonyl (C=O) groups is 1. The summed E-state index contributed by atoms with van der Waals surface area (Å²) in [4.78, 5) is 23.2. The summed E-state index contributed by atoms with van der Waals surface area (Å²) >= 11 is 0. The molecule has 3 aromatic rings. The summed E-state index contributed by atoms with van der Waals surface area (Å²) in [6, 6.07) is 13.7. The predicted molar refractivity (Wildman–Crippen MR) is 113 cm³/mol. The number of anilines is 1. The van der Waals surface area contributed by atoms with Gasteiger partial charge >= 0.3 is 5.97 Å². The van der Waals surface area contributed by atoms with E-state index in [0.29, 0.717) is 31.7 Å². The third-order valence-corrected chi connectivity index (χ3v) is 5.64. The van der Waals surface area contributed by atoms with Crippen LogP contribution in [0.3, 0.4) is 0 Å². The Labute approximate surface area is 170 Å². The van der Waals surface area contributed by atoms with Crippen molar-refractivity contribution in [1.82, 2.24) is 9.97 Å². The van der Waals surface area contributed by atoms with Gasteiger partial charge in [-0.3, -0.25) is 0 Å². The Hall–Kier alpha value is -3.15. The van der Waals surface area contributed by atoms with Gasteiger partial charge in [0.15, 0.2) is 0 Å². The fourth-order valence-corrected chi connectivity index (χ4v) is 3.90. The van der Waals surface area contributed by atoms with E-state index in [1.165, 1.54) is 0 Å². The highest BCUT2D eigenvalue weighted by atomic mass is 16.5. The molecule has 1 aliphatic rings. The van der Waals surface area contributed by atoms with E-state index in [1.54, 1.807) is 0 Å². The molecule has 1 fully saturated rings. The Morgan fingerprint density at radius 1 is 1.17 bits per heavy atom. The van der Waals surface area contributed by atoms with Crippen LogP contribution in [0.25, 0.3) is 10.8 Å². The molecule has 29 heavy (non-hydrogen) atoms. The highest BCUT2D eigenvalue weighted by Crippen LogP contribution is 2.33. The summed E-state index contributed by atoms with van der Waals surface area (Å²) in [6.45, 7) is 5.09. The number of benzene rings is 2. The van der Waals surface area contributed by atoms with E-state index >= 15 is 0 Å². The lowest BCUT2D eigenvalue weighted by Crippen LogP contribution is -2.53. The summed E-state index contributed by atoms with van der Waals surface area (Å²) in [5, 5.41) is 12.1. The number of aromatic nitrogens is 2. The van der Waals surface area contributed by atoms with Crippen LogP contribution in [-0.4, -0.2) is 39.7 Å². The molecule has 0 spiro atoms. The lowest BCUT2D eigenvalue weighted by atomic mass is 9.90. The van der Waals surface area contributed by atoms with Crippen molar-refractivity contribution in [3.63, 3.8) is 0 Å². The van der Waals surface area contributed by atoms with Crippen molar-refractivity contribution in [2.24, 2.45) is 0 Å². The number of fused-ring (bicyclic) bond motifs is 1. The molecule has 1 N–H and O–H groups in total. The van der Waals surface area contributed by atoms with E-state index in [9.17, 15) is 9.90 Å². The smallest absolute Gasteiger partial charge is 0.348 e. The van der Waals surface area contributed by atoms with Gasteiger partial charge in [0.2, 0.25) is 5.60 Å². The van der Waals surface area contributed by atoms with Gasteiger partial charge in [-0.25, -0.2) is 14.8 Å². The molecule has 6 nitrogen and oxygen atoms in total. The topological polar surface area (TPSA) is 75.5 Å². The molecule has 6 heteroatoms. The molecular weight excluding hydrogens is 366 g/mol. The molecule has 150 valence electrons. The molecule has 0 bridgehead atoms. The summed E-state index contributed by atoms with van der Waals surface area (Å²) in [7, 11) is 0. The Balaban J connectivity index is 1.56. The second-order valence-corrected chi connectivity index (χ2v) is 7.52. The number of rotatable bonds is 5. The van der Waals surface area contributed by atoms with Gasteiger partial charge in [0, 0.05) is 37.7 Å². The van der Waals surface area contributed by atoms with E-state index in [2.05, 4.69) is 21.8 Å². The number of hydrogen-bond donors (Lipinski definition) is 1. The minimum absolute atomic E-state index is 0.390. The highest BCUT2D eigenvalue weighted by molar-refractivity contribution is 5.84. The molecule has 4 rings (SSSR count). The quantitative estimate of drug-likeness (QED) is 0.708. The van der Waals surface area contributed by atoms with Gasteiger partial charge in [-0.2, -0.15) is 0 Å². The first kappa shape index (κ1) is 19.2. The maximum absolute atomic E-state index is 12.2. The molecule has 0 saturated carbocycles. The fraction of sp³-hybridized carbons (Fsp3) is 0.348. The highest BCUT2D eigenvalue weighted by Gasteiger charge is 2.44. The minimum Gasteiger partial charge on any atom is -0.478 e. The molecule has 0 atom stereocenters. The first-order chi connectivity index (χ1) is 14.0. The van der Waals surface area contributed by atoms with Crippen molar-refractivity contribution in [3.05, 3.63) is 60.0 Å². The Morgan fingerprint density at radius 2 is 1.90 bits per heavy atom. The average molecular weight is 391 g/mol. The van der Waals surface area contributed by atoms with Crippen LogP contribution < -0.4 is 9.64 Å². The zero-order valence-corrected chi connectivity index (χ0v) is 16.8.